The second kappa shape index (κ2) is 8.08. The van der Waals surface area contributed by atoms with Crippen LogP contribution in [0.25, 0.3) is 0 Å². The lowest BCUT2D eigenvalue weighted by Gasteiger charge is -2.32. The Balaban J connectivity index is 0.00000200. The Hall–Kier alpha value is -0.490. The molecule has 1 heterocycles. The molecule has 6 heteroatoms. The maximum Gasteiger partial charge on any atom is 0.128 e. The zero-order valence-electron chi connectivity index (χ0n) is 12.1. The topological polar surface area (TPSA) is 33.7 Å². The van der Waals surface area contributed by atoms with Crippen molar-refractivity contribution in [1.29, 1.82) is 0 Å². The molecule has 20 heavy (non-hydrogen) atoms. The van der Waals surface area contributed by atoms with Crippen molar-refractivity contribution in [2.24, 2.45) is 0 Å². The van der Waals surface area contributed by atoms with Crippen LogP contribution < -0.4 is 14.8 Å². The molecule has 2 rings (SSSR count). The highest BCUT2D eigenvalue weighted by atomic mass is 79.9. The van der Waals surface area contributed by atoms with Crippen LogP contribution in [0.4, 0.5) is 0 Å². The van der Waals surface area contributed by atoms with Crippen LogP contribution in [0.1, 0.15) is 12.5 Å². The van der Waals surface area contributed by atoms with Crippen molar-refractivity contribution in [2.75, 3.05) is 33.9 Å². The molecule has 1 saturated heterocycles. The first-order chi connectivity index (χ1) is 9.13. The van der Waals surface area contributed by atoms with Gasteiger partial charge >= 0.3 is 0 Å². The smallest absolute Gasteiger partial charge is 0.128 e. The molecule has 1 aliphatic rings. The average molecular weight is 366 g/mol. The third kappa shape index (κ3) is 4.25. The first-order valence-electron chi connectivity index (χ1n) is 6.50. The molecule has 1 fully saturated rings. The second-order valence-electron chi connectivity index (χ2n) is 4.88. The molecule has 0 radical (unpaired) electrons. The quantitative estimate of drug-likeness (QED) is 0.889. The summed E-state index contributed by atoms with van der Waals surface area (Å²) in [7, 11) is 3.37. The van der Waals surface area contributed by atoms with Crippen LogP contribution in [0, 0.1) is 0 Å². The van der Waals surface area contributed by atoms with Crippen LogP contribution in [0.15, 0.2) is 16.6 Å². The van der Waals surface area contributed by atoms with Gasteiger partial charge in [0.15, 0.2) is 0 Å². The fourth-order valence-corrected chi connectivity index (χ4v) is 2.97. The largest absolute Gasteiger partial charge is 0.497 e. The van der Waals surface area contributed by atoms with E-state index < -0.39 is 0 Å². The molecule has 1 aromatic carbocycles. The lowest BCUT2D eigenvalue weighted by molar-refractivity contribution is 0.197. The number of nitrogens with one attached hydrogen (secondary N) is 1. The van der Waals surface area contributed by atoms with E-state index >= 15 is 0 Å². The van der Waals surface area contributed by atoms with Crippen molar-refractivity contribution in [3.05, 3.63) is 22.2 Å². The van der Waals surface area contributed by atoms with Crippen molar-refractivity contribution >= 4 is 28.3 Å². The van der Waals surface area contributed by atoms with Gasteiger partial charge in [-0.05, 0) is 13.0 Å². The molecule has 0 aromatic heterocycles. The Bertz CT molecular complexity index is 445. The summed E-state index contributed by atoms with van der Waals surface area (Å²) in [6, 6.07) is 4.46. The van der Waals surface area contributed by atoms with E-state index in [1.54, 1.807) is 14.2 Å². The van der Waals surface area contributed by atoms with Crippen molar-refractivity contribution in [3.8, 4) is 11.5 Å². The molecule has 0 bridgehead atoms. The SMILES string of the molecule is COc1cc(Br)c(CN2CCN[C@@H](C)C2)c(OC)c1.Cl. The predicted octanol–water partition coefficient (Wildman–Crippen LogP) is 2.68. The van der Waals surface area contributed by atoms with Crippen LogP contribution in [0.5, 0.6) is 11.5 Å². The van der Waals surface area contributed by atoms with Crippen molar-refractivity contribution in [2.45, 2.75) is 19.5 Å². The number of piperazine rings is 1. The molecule has 4 nitrogen and oxygen atoms in total. The number of nitrogens with zero attached hydrogens (tertiary/aromatic N) is 1. The maximum absolute atomic E-state index is 5.48. The van der Waals surface area contributed by atoms with E-state index in [9.17, 15) is 0 Å². The van der Waals surface area contributed by atoms with Gasteiger partial charge in [-0.2, -0.15) is 0 Å². The minimum absolute atomic E-state index is 0. The first kappa shape index (κ1) is 17.6. The highest BCUT2D eigenvalue weighted by Crippen LogP contribution is 2.33. The van der Waals surface area contributed by atoms with E-state index in [2.05, 4.69) is 33.1 Å². The number of halogens is 2. The van der Waals surface area contributed by atoms with Gasteiger partial charge < -0.3 is 14.8 Å². The Kier molecular flexibility index (Phi) is 7.09. The van der Waals surface area contributed by atoms with Gasteiger partial charge in [-0.3, -0.25) is 4.90 Å². The normalized spacial score (nSPS) is 19.3. The fraction of sp³-hybridized carbons (Fsp3) is 0.571. The Morgan fingerprint density at radius 1 is 1.35 bits per heavy atom. The van der Waals surface area contributed by atoms with E-state index in [1.165, 1.54) is 5.56 Å². The maximum atomic E-state index is 5.48. The molecule has 1 aromatic rings. The van der Waals surface area contributed by atoms with Crippen molar-refractivity contribution < 1.29 is 9.47 Å². The zero-order chi connectivity index (χ0) is 13.8. The Labute approximate surface area is 135 Å². The molecule has 1 N–H and O–H groups in total. The number of ether oxygens (including phenoxy) is 2. The first-order valence-corrected chi connectivity index (χ1v) is 7.29. The predicted molar refractivity (Wildman–Crippen MR) is 87.2 cm³/mol. The van der Waals surface area contributed by atoms with Crippen LogP contribution >= 0.6 is 28.3 Å². The van der Waals surface area contributed by atoms with Gasteiger partial charge in [-0.1, -0.05) is 15.9 Å². The monoisotopic (exact) mass is 364 g/mol. The van der Waals surface area contributed by atoms with Crippen LogP contribution in [0.3, 0.4) is 0 Å². The summed E-state index contributed by atoms with van der Waals surface area (Å²) >= 11 is 3.62. The number of methoxy groups -OCH3 is 2. The molecule has 0 unspecified atom stereocenters. The summed E-state index contributed by atoms with van der Waals surface area (Å²) in [6.07, 6.45) is 0. The third-order valence-corrected chi connectivity index (χ3v) is 4.13. The number of rotatable bonds is 4. The van der Waals surface area contributed by atoms with E-state index in [4.69, 9.17) is 9.47 Å². The Morgan fingerprint density at radius 3 is 2.70 bits per heavy atom. The van der Waals surface area contributed by atoms with Crippen molar-refractivity contribution in [3.63, 3.8) is 0 Å². The highest BCUT2D eigenvalue weighted by Gasteiger charge is 2.19. The van der Waals surface area contributed by atoms with Crippen LogP contribution in [-0.2, 0) is 6.54 Å². The fourth-order valence-electron chi connectivity index (χ4n) is 2.42. The summed E-state index contributed by atoms with van der Waals surface area (Å²) < 4.78 is 11.8. The summed E-state index contributed by atoms with van der Waals surface area (Å²) in [5, 5.41) is 3.45. The van der Waals surface area contributed by atoms with Crippen LogP contribution in [0.2, 0.25) is 0 Å². The van der Waals surface area contributed by atoms with Gasteiger partial charge in [-0.15, -0.1) is 12.4 Å². The van der Waals surface area contributed by atoms with Crippen molar-refractivity contribution in [1.82, 2.24) is 10.2 Å². The summed E-state index contributed by atoms with van der Waals surface area (Å²) in [5.41, 5.74) is 1.18. The summed E-state index contributed by atoms with van der Waals surface area (Å²) in [5.74, 6) is 1.68. The standard InChI is InChI=1S/C14H21BrN2O2.ClH/c1-10-8-17(5-4-16-10)9-12-13(15)6-11(18-2)7-14(12)19-3;/h6-7,10,16H,4-5,8-9H2,1-3H3;1H/t10-;/m0./s1. The van der Waals surface area contributed by atoms with Gasteiger partial charge in [-0.25, -0.2) is 0 Å². The minimum Gasteiger partial charge on any atom is -0.497 e. The Morgan fingerprint density at radius 2 is 2.10 bits per heavy atom. The molecule has 0 amide bonds. The number of hydrogen-bond donors (Lipinski definition) is 1. The lowest BCUT2D eigenvalue weighted by atomic mass is 10.1. The summed E-state index contributed by atoms with van der Waals surface area (Å²) in [6.45, 7) is 6.26. The molecular weight excluding hydrogens is 344 g/mol. The van der Waals surface area contributed by atoms with Crippen LogP contribution in [-0.4, -0.2) is 44.8 Å². The third-order valence-electron chi connectivity index (χ3n) is 3.42. The van der Waals surface area contributed by atoms with Gasteiger partial charge in [0.1, 0.15) is 11.5 Å². The molecular formula is C14H22BrClN2O2. The molecule has 114 valence electrons. The lowest BCUT2D eigenvalue weighted by Crippen LogP contribution is -2.48. The highest BCUT2D eigenvalue weighted by molar-refractivity contribution is 9.10. The van der Waals surface area contributed by atoms with Gasteiger partial charge in [0.05, 0.1) is 14.2 Å². The zero-order valence-corrected chi connectivity index (χ0v) is 14.5. The molecule has 1 aliphatic heterocycles. The van der Waals surface area contributed by atoms with E-state index in [0.717, 1.165) is 42.2 Å². The van der Waals surface area contributed by atoms with Gasteiger partial charge in [0.25, 0.3) is 0 Å². The summed E-state index contributed by atoms with van der Waals surface area (Å²) in [4.78, 5) is 2.44. The second-order valence-corrected chi connectivity index (χ2v) is 5.73. The van der Waals surface area contributed by atoms with E-state index in [0.29, 0.717) is 6.04 Å². The van der Waals surface area contributed by atoms with Gasteiger partial charge in [0.2, 0.25) is 0 Å². The number of benzene rings is 1. The van der Waals surface area contributed by atoms with Gasteiger partial charge in [0, 0.05) is 48.3 Å². The molecule has 0 saturated carbocycles. The minimum atomic E-state index is 0. The average Bonchev–Trinajstić information content (AvgIpc) is 2.40. The molecule has 1 atom stereocenters. The number of hydrogen-bond acceptors (Lipinski definition) is 4. The van der Waals surface area contributed by atoms with E-state index in [-0.39, 0.29) is 12.4 Å². The molecule has 0 aliphatic carbocycles. The van der Waals surface area contributed by atoms with E-state index in [1.807, 2.05) is 12.1 Å². The molecule has 0 spiro atoms.